The minimum atomic E-state index is -0.980. The van der Waals surface area contributed by atoms with E-state index < -0.39 is 11.4 Å². The van der Waals surface area contributed by atoms with Crippen molar-refractivity contribution in [3.63, 3.8) is 0 Å². The van der Waals surface area contributed by atoms with Crippen LogP contribution in [0.2, 0.25) is 0 Å². The van der Waals surface area contributed by atoms with Crippen LogP contribution in [0.15, 0.2) is 24.3 Å². The summed E-state index contributed by atoms with van der Waals surface area (Å²) in [6, 6.07) is 6.63. The SMILES string of the molecule is CCN(CC)CCNC(C)(C(N)=O)c1cccc(O)c1. The first-order chi connectivity index (χ1) is 9.43. The normalized spacial score (nSPS) is 14.2. The van der Waals surface area contributed by atoms with Gasteiger partial charge in [0.05, 0.1) is 0 Å². The van der Waals surface area contributed by atoms with Crippen LogP contribution in [0.5, 0.6) is 5.75 Å². The third-order valence-corrected chi connectivity index (χ3v) is 3.72. The lowest BCUT2D eigenvalue weighted by Crippen LogP contribution is -2.52. The van der Waals surface area contributed by atoms with Crippen LogP contribution in [-0.4, -0.2) is 42.1 Å². The molecule has 4 N–H and O–H groups in total. The van der Waals surface area contributed by atoms with E-state index in [9.17, 15) is 9.90 Å². The van der Waals surface area contributed by atoms with Crippen LogP contribution in [0.1, 0.15) is 26.3 Å². The molecular formula is C15H25N3O2. The molecule has 0 aromatic heterocycles. The second-order valence-electron chi connectivity index (χ2n) is 4.99. The van der Waals surface area contributed by atoms with Crippen LogP contribution >= 0.6 is 0 Å². The second-order valence-corrected chi connectivity index (χ2v) is 4.99. The summed E-state index contributed by atoms with van der Waals surface area (Å²) < 4.78 is 0. The predicted molar refractivity (Wildman–Crippen MR) is 80.4 cm³/mol. The molecule has 0 saturated heterocycles. The van der Waals surface area contributed by atoms with Gasteiger partial charge < -0.3 is 15.7 Å². The van der Waals surface area contributed by atoms with Gasteiger partial charge in [-0.1, -0.05) is 26.0 Å². The Morgan fingerprint density at radius 1 is 1.40 bits per heavy atom. The minimum absolute atomic E-state index is 0.125. The Kier molecular flexibility index (Phi) is 5.98. The predicted octanol–water partition coefficient (Wildman–Crippen LogP) is 1.02. The number of carbonyl (C=O) groups excluding carboxylic acids is 1. The lowest BCUT2D eigenvalue weighted by atomic mass is 9.91. The number of benzene rings is 1. The molecule has 0 spiro atoms. The summed E-state index contributed by atoms with van der Waals surface area (Å²) in [6.07, 6.45) is 0. The van der Waals surface area contributed by atoms with E-state index in [1.54, 1.807) is 31.2 Å². The summed E-state index contributed by atoms with van der Waals surface area (Å²) in [5, 5.41) is 12.8. The van der Waals surface area contributed by atoms with E-state index in [-0.39, 0.29) is 5.75 Å². The third kappa shape index (κ3) is 3.95. The highest BCUT2D eigenvalue weighted by molar-refractivity contribution is 5.85. The first kappa shape index (κ1) is 16.5. The number of primary amides is 1. The highest BCUT2D eigenvalue weighted by atomic mass is 16.3. The van der Waals surface area contributed by atoms with Gasteiger partial charge in [-0.05, 0) is 37.7 Å². The van der Waals surface area contributed by atoms with Crippen molar-refractivity contribution < 1.29 is 9.90 Å². The van der Waals surface area contributed by atoms with Crippen molar-refractivity contribution in [2.75, 3.05) is 26.2 Å². The number of hydrogen-bond donors (Lipinski definition) is 3. The number of nitrogens with two attached hydrogens (primary N) is 1. The van der Waals surface area contributed by atoms with Crippen molar-refractivity contribution in [1.82, 2.24) is 10.2 Å². The van der Waals surface area contributed by atoms with Crippen LogP contribution in [0.3, 0.4) is 0 Å². The molecule has 0 aliphatic rings. The first-order valence-corrected chi connectivity index (χ1v) is 7.00. The van der Waals surface area contributed by atoms with E-state index in [0.717, 1.165) is 19.6 Å². The topological polar surface area (TPSA) is 78.6 Å². The third-order valence-electron chi connectivity index (χ3n) is 3.72. The van der Waals surface area contributed by atoms with E-state index in [4.69, 9.17) is 5.73 Å². The highest BCUT2D eigenvalue weighted by Crippen LogP contribution is 2.23. The van der Waals surface area contributed by atoms with Gasteiger partial charge in [0, 0.05) is 13.1 Å². The molecular weight excluding hydrogens is 254 g/mol. The molecule has 0 bridgehead atoms. The average Bonchev–Trinajstić information content (AvgIpc) is 2.43. The molecule has 0 radical (unpaired) electrons. The maximum atomic E-state index is 11.8. The molecule has 1 aromatic carbocycles. The van der Waals surface area contributed by atoms with Gasteiger partial charge in [0.2, 0.25) is 5.91 Å². The maximum absolute atomic E-state index is 11.8. The number of amides is 1. The summed E-state index contributed by atoms with van der Waals surface area (Å²) in [5.41, 5.74) is 5.23. The fourth-order valence-electron chi connectivity index (χ4n) is 2.15. The largest absolute Gasteiger partial charge is 0.508 e. The highest BCUT2D eigenvalue weighted by Gasteiger charge is 2.32. The molecule has 112 valence electrons. The van der Waals surface area contributed by atoms with Crippen molar-refractivity contribution in [2.45, 2.75) is 26.3 Å². The van der Waals surface area contributed by atoms with E-state index >= 15 is 0 Å². The van der Waals surface area contributed by atoms with Crippen molar-refractivity contribution >= 4 is 5.91 Å². The van der Waals surface area contributed by atoms with Gasteiger partial charge in [-0.15, -0.1) is 0 Å². The Balaban J connectivity index is 2.80. The fraction of sp³-hybridized carbons (Fsp3) is 0.533. The molecule has 1 aromatic rings. The lowest BCUT2D eigenvalue weighted by Gasteiger charge is -2.29. The Morgan fingerprint density at radius 2 is 2.05 bits per heavy atom. The Hall–Kier alpha value is -1.59. The van der Waals surface area contributed by atoms with Crippen LogP contribution in [0.4, 0.5) is 0 Å². The molecule has 1 atom stereocenters. The van der Waals surface area contributed by atoms with E-state index in [2.05, 4.69) is 24.1 Å². The van der Waals surface area contributed by atoms with Crippen LogP contribution in [-0.2, 0) is 10.3 Å². The molecule has 0 aliphatic carbocycles. The fourth-order valence-corrected chi connectivity index (χ4v) is 2.15. The number of phenols is 1. The number of nitrogens with one attached hydrogen (secondary N) is 1. The standard InChI is InChI=1S/C15H25N3O2/c1-4-18(5-2)10-9-17-15(3,14(16)20)12-7-6-8-13(19)11-12/h6-8,11,17,19H,4-5,9-10H2,1-3H3,(H2,16,20). The molecule has 0 saturated carbocycles. The zero-order chi connectivity index (χ0) is 15.2. The summed E-state index contributed by atoms with van der Waals surface area (Å²) >= 11 is 0. The Morgan fingerprint density at radius 3 is 2.55 bits per heavy atom. The van der Waals surface area contributed by atoms with Crippen molar-refractivity contribution in [2.24, 2.45) is 5.73 Å². The zero-order valence-electron chi connectivity index (χ0n) is 12.5. The van der Waals surface area contributed by atoms with Gasteiger partial charge in [-0.25, -0.2) is 0 Å². The first-order valence-electron chi connectivity index (χ1n) is 7.00. The molecule has 1 unspecified atom stereocenters. The van der Waals surface area contributed by atoms with Gasteiger partial charge in [0.1, 0.15) is 11.3 Å². The van der Waals surface area contributed by atoms with Gasteiger partial charge in [-0.3, -0.25) is 10.1 Å². The number of nitrogens with zero attached hydrogens (tertiary/aromatic N) is 1. The smallest absolute Gasteiger partial charge is 0.242 e. The number of carbonyl (C=O) groups is 1. The van der Waals surface area contributed by atoms with E-state index in [0.29, 0.717) is 12.1 Å². The number of likely N-dealkylation sites (N-methyl/N-ethyl adjacent to an activating group) is 1. The molecule has 0 fully saturated rings. The average molecular weight is 279 g/mol. The van der Waals surface area contributed by atoms with Gasteiger partial charge >= 0.3 is 0 Å². The van der Waals surface area contributed by atoms with Crippen LogP contribution in [0, 0.1) is 0 Å². The number of aromatic hydroxyl groups is 1. The minimum Gasteiger partial charge on any atom is -0.508 e. The summed E-state index contributed by atoms with van der Waals surface area (Å²) in [7, 11) is 0. The Labute approximate surface area is 120 Å². The zero-order valence-corrected chi connectivity index (χ0v) is 12.5. The van der Waals surface area contributed by atoms with E-state index in [1.807, 2.05) is 0 Å². The summed E-state index contributed by atoms with van der Waals surface area (Å²) in [6.45, 7) is 9.38. The van der Waals surface area contributed by atoms with Crippen molar-refractivity contribution in [1.29, 1.82) is 0 Å². The maximum Gasteiger partial charge on any atom is 0.242 e. The summed E-state index contributed by atoms with van der Waals surface area (Å²) in [5.74, 6) is -0.330. The molecule has 5 heteroatoms. The number of hydrogen-bond acceptors (Lipinski definition) is 4. The number of rotatable bonds is 8. The van der Waals surface area contributed by atoms with Gasteiger partial charge in [0.15, 0.2) is 0 Å². The van der Waals surface area contributed by atoms with E-state index in [1.165, 1.54) is 0 Å². The van der Waals surface area contributed by atoms with Crippen LogP contribution in [0.25, 0.3) is 0 Å². The van der Waals surface area contributed by atoms with Crippen molar-refractivity contribution in [3.8, 4) is 5.75 Å². The number of phenolic OH excluding ortho intramolecular Hbond substituents is 1. The molecule has 0 heterocycles. The molecule has 20 heavy (non-hydrogen) atoms. The quantitative estimate of drug-likeness (QED) is 0.664. The lowest BCUT2D eigenvalue weighted by molar-refractivity contribution is -0.124. The Bertz CT molecular complexity index is 446. The molecule has 5 nitrogen and oxygen atoms in total. The van der Waals surface area contributed by atoms with Gasteiger partial charge in [0.25, 0.3) is 0 Å². The van der Waals surface area contributed by atoms with Gasteiger partial charge in [-0.2, -0.15) is 0 Å². The second kappa shape index (κ2) is 7.26. The monoisotopic (exact) mass is 279 g/mol. The molecule has 1 rings (SSSR count). The summed E-state index contributed by atoms with van der Waals surface area (Å²) in [4.78, 5) is 14.1. The molecule has 0 aliphatic heterocycles. The molecule has 1 amide bonds. The van der Waals surface area contributed by atoms with Crippen molar-refractivity contribution in [3.05, 3.63) is 29.8 Å². The van der Waals surface area contributed by atoms with Crippen LogP contribution < -0.4 is 11.1 Å².